The first-order valence-electron chi connectivity index (χ1n) is 8.07. The smallest absolute Gasteiger partial charge is 0.317 e. The number of carbonyl (C=O) groups excluding carboxylic acids is 1. The molecular formula is C17H28N2O2S. The van der Waals surface area contributed by atoms with Gasteiger partial charge in [-0.3, -0.25) is 0 Å². The van der Waals surface area contributed by atoms with Gasteiger partial charge in [0, 0.05) is 36.5 Å². The highest BCUT2D eigenvalue weighted by Gasteiger charge is 2.29. The molecule has 124 valence electrons. The summed E-state index contributed by atoms with van der Waals surface area (Å²) in [6.45, 7) is 11.5. The Morgan fingerprint density at radius 1 is 1.55 bits per heavy atom. The highest BCUT2D eigenvalue weighted by molar-refractivity contribution is 7.10. The monoisotopic (exact) mass is 324 g/mol. The minimum absolute atomic E-state index is 0.0280. The Bertz CT molecular complexity index is 471. The van der Waals surface area contributed by atoms with Gasteiger partial charge >= 0.3 is 6.03 Å². The third-order valence-corrected chi connectivity index (χ3v) is 5.20. The van der Waals surface area contributed by atoms with Crippen molar-refractivity contribution in [2.75, 3.05) is 26.2 Å². The van der Waals surface area contributed by atoms with Gasteiger partial charge in [-0.05, 0) is 23.8 Å². The molecule has 2 heterocycles. The van der Waals surface area contributed by atoms with Crippen molar-refractivity contribution in [2.45, 2.75) is 45.6 Å². The van der Waals surface area contributed by atoms with Crippen LogP contribution in [-0.2, 0) is 10.2 Å². The van der Waals surface area contributed by atoms with Crippen LogP contribution in [0.1, 0.15) is 39.0 Å². The lowest BCUT2D eigenvalue weighted by molar-refractivity contribution is 0.0436. The number of carbonyl (C=O) groups is 1. The highest BCUT2D eigenvalue weighted by Crippen LogP contribution is 2.26. The molecule has 0 aromatic carbocycles. The number of hydrogen-bond donors (Lipinski definition) is 1. The Labute approximate surface area is 137 Å². The molecule has 0 aliphatic carbocycles. The number of rotatable bonds is 6. The number of likely N-dealkylation sites (tertiary alicyclic amines) is 1. The van der Waals surface area contributed by atoms with Crippen LogP contribution in [0.5, 0.6) is 0 Å². The number of hydrogen-bond acceptors (Lipinski definition) is 3. The topological polar surface area (TPSA) is 41.6 Å². The normalized spacial score (nSPS) is 19.0. The molecule has 0 spiro atoms. The van der Waals surface area contributed by atoms with Crippen LogP contribution in [0.15, 0.2) is 17.5 Å². The number of nitrogens with one attached hydrogen (secondary N) is 1. The van der Waals surface area contributed by atoms with Crippen molar-refractivity contribution < 1.29 is 9.53 Å². The van der Waals surface area contributed by atoms with Crippen molar-refractivity contribution >= 4 is 17.4 Å². The molecular weight excluding hydrogens is 296 g/mol. The first-order chi connectivity index (χ1) is 10.4. The fraction of sp³-hybridized carbons (Fsp3) is 0.706. The molecule has 1 aromatic rings. The summed E-state index contributed by atoms with van der Waals surface area (Å²) in [5.74, 6) is 0.537. The second-order valence-corrected chi connectivity index (χ2v) is 8.05. The van der Waals surface area contributed by atoms with Crippen LogP contribution in [0.2, 0.25) is 0 Å². The molecule has 5 heteroatoms. The van der Waals surface area contributed by atoms with Gasteiger partial charge in [0.05, 0.1) is 6.10 Å². The summed E-state index contributed by atoms with van der Waals surface area (Å²) in [4.78, 5) is 15.5. The van der Waals surface area contributed by atoms with E-state index in [0.29, 0.717) is 19.0 Å². The summed E-state index contributed by atoms with van der Waals surface area (Å²) in [5.41, 5.74) is -0.0307. The second kappa shape index (κ2) is 7.47. The Balaban J connectivity index is 1.76. The largest absolute Gasteiger partial charge is 0.376 e. The van der Waals surface area contributed by atoms with E-state index in [2.05, 4.69) is 50.5 Å². The number of nitrogens with zero attached hydrogens (tertiary/aromatic N) is 1. The van der Waals surface area contributed by atoms with Crippen molar-refractivity contribution in [3.63, 3.8) is 0 Å². The van der Waals surface area contributed by atoms with E-state index >= 15 is 0 Å². The molecule has 1 N–H and O–H groups in total. The van der Waals surface area contributed by atoms with E-state index in [1.807, 2.05) is 4.90 Å². The maximum atomic E-state index is 12.3. The molecule has 1 fully saturated rings. The average Bonchev–Trinajstić information content (AvgIpc) is 3.13. The molecule has 0 saturated carbocycles. The predicted molar refractivity (Wildman–Crippen MR) is 91.5 cm³/mol. The summed E-state index contributed by atoms with van der Waals surface area (Å²) in [5, 5.41) is 5.16. The summed E-state index contributed by atoms with van der Waals surface area (Å²) >= 11 is 1.74. The molecule has 2 amide bonds. The molecule has 1 aliphatic heterocycles. The molecule has 22 heavy (non-hydrogen) atoms. The van der Waals surface area contributed by atoms with Gasteiger partial charge in [0.25, 0.3) is 0 Å². The van der Waals surface area contributed by atoms with E-state index in [4.69, 9.17) is 4.74 Å². The van der Waals surface area contributed by atoms with Crippen molar-refractivity contribution in [3.8, 4) is 0 Å². The molecule has 1 atom stereocenters. The van der Waals surface area contributed by atoms with Gasteiger partial charge in [-0.25, -0.2) is 4.79 Å². The standard InChI is InChI=1S/C17H28N2O2S/c1-13(2)11-21-14-7-8-19(10-14)16(20)18-12-17(3,4)15-6-5-9-22-15/h5-6,9,13-14H,7-8,10-12H2,1-4H3,(H,18,20)/t14-/m0/s1. The number of amides is 2. The minimum atomic E-state index is -0.0307. The van der Waals surface area contributed by atoms with Gasteiger partial charge in [-0.2, -0.15) is 0 Å². The lowest BCUT2D eigenvalue weighted by Gasteiger charge is -2.26. The summed E-state index contributed by atoms with van der Waals surface area (Å²) in [6.07, 6.45) is 1.13. The van der Waals surface area contributed by atoms with Crippen molar-refractivity contribution in [1.82, 2.24) is 10.2 Å². The van der Waals surface area contributed by atoms with Gasteiger partial charge in [0.15, 0.2) is 0 Å². The SMILES string of the molecule is CC(C)CO[C@H]1CCN(C(=O)NCC(C)(C)c2cccs2)C1. The molecule has 0 unspecified atom stereocenters. The second-order valence-electron chi connectivity index (χ2n) is 7.10. The van der Waals surface area contributed by atoms with Gasteiger partial charge in [0.2, 0.25) is 0 Å². The van der Waals surface area contributed by atoms with Gasteiger partial charge in [-0.15, -0.1) is 11.3 Å². The van der Waals surface area contributed by atoms with E-state index in [1.165, 1.54) is 4.88 Å². The number of ether oxygens (including phenoxy) is 1. The zero-order valence-electron chi connectivity index (χ0n) is 14.1. The molecule has 0 radical (unpaired) electrons. The van der Waals surface area contributed by atoms with E-state index in [0.717, 1.165) is 19.6 Å². The van der Waals surface area contributed by atoms with Gasteiger partial charge in [-0.1, -0.05) is 33.8 Å². The van der Waals surface area contributed by atoms with Crippen LogP contribution in [0, 0.1) is 5.92 Å². The fourth-order valence-corrected chi connectivity index (χ4v) is 3.39. The van der Waals surface area contributed by atoms with Crippen molar-refractivity contribution in [1.29, 1.82) is 0 Å². The summed E-state index contributed by atoms with van der Waals surface area (Å²) in [6, 6.07) is 4.21. The zero-order chi connectivity index (χ0) is 16.2. The fourth-order valence-electron chi connectivity index (χ4n) is 2.54. The van der Waals surface area contributed by atoms with Crippen LogP contribution in [-0.4, -0.2) is 43.3 Å². The first-order valence-corrected chi connectivity index (χ1v) is 8.95. The van der Waals surface area contributed by atoms with E-state index < -0.39 is 0 Å². The number of urea groups is 1. The third-order valence-electron chi connectivity index (χ3n) is 3.97. The molecule has 1 aliphatic rings. The summed E-state index contributed by atoms with van der Waals surface area (Å²) < 4.78 is 5.83. The highest BCUT2D eigenvalue weighted by atomic mass is 32.1. The third kappa shape index (κ3) is 4.71. The van der Waals surface area contributed by atoms with Crippen LogP contribution >= 0.6 is 11.3 Å². The zero-order valence-corrected chi connectivity index (χ0v) is 14.9. The minimum Gasteiger partial charge on any atom is -0.376 e. The summed E-state index contributed by atoms with van der Waals surface area (Å²) in [7, 11) is 0. The van der Waals surface area contributed by atoms with E-state index in [9.17, 15) is 4.79 Å². The Morgan fingerprint density at radius 3 is 2.95 bits per heavy atom. The molecule has 1 saturated heterocycles. The van der Waals surface area contributed by atoms with Gasteiger partial charge in [0.1, 0.15) is 0 Å². The maximum absolute atomic E-state index is 12.3. The van der Waals surface area contributed by atoms with Crippen LogP contribution in [0.25, 0.3) is 0 Å². The Morgan fingerprint density at radius 2 is 2.32 bits per heavy atom. The van der Waals surface area contributed by atoms with Gasteiger partial charge < -0.3 is 15.0 Å². The van der Waals surface area contributed by atoms with Crippen LogP contribution < -0.4 is 5.32 Å². The predicted octanol–water partition coefficient (Wildman–Crippen LogP) is 3.48. The first kappa shape index (κ1) is 17.3. The van der Waals surface area contributed by atoms with Crippen LogP contribution in [0.4, 0.5) is 4.79 Å². The van der Waals surface area contributed by atoms with Crippen molar-refractivity contribution in [2.24, 2.45) is 5.92 Å². The average molecular weight is 324 g/mol. The van der Waals surface area contributed by atoms with Crippen LogP contribution in [0.3, 0.4) is 0 Å². The Kier molecular flexibility index (Phi) is 5.87. The number of thiophene rings is 1. The molecule has 2 rings (SSSR count). The quantitative estimate of drug-likeness (QED) is 0.870. The Hall–Kier alpha value is -1.07. The lowest BCUT2D eigenvalue weighted by Crippen LogP contribution is -2.44. The van der Waals surface area contributed by atoms with Crippen molar-refractivity contribution in [3.05, 3.63) is 22.4 Å². The maximum Gasteiger partial charge on any atom is 0.317 e. The molecule has 4 nitrogen and oxygen atoms in total. The lowest BCUT2D eigenvalue weighted by atomic mass is 9.91. The molecule has 0 bridgehead atoms. The van der Waals surface area contributed by atoms with E-state index in [-0.39, 0.29) is 17.6 Å². The molecule has 1 aromatic heterocycles. The van der Waals surface area contributed by atoms with E-state index in [1.54, 1.807) is 11.3 Å².